The average molecular weight is 564 g/mol. The molecule has 1 heterocycles. The molecule has 0 spiro atoms. The summed E-state index contributed by atoms with van der Waals surface area (Å²) >= 11 is 0. The van der Waals surface area contributed by atoms with Crippen LogP contribution in [0, 0.1) is 0 Å². The third-order valence-corrected chi connectivity index (χ3v) is 7.81. The van der Waals surface area contributed by atoms with Crippen molar-refractivity contribution < 1.29 is 58.8 Å². The number of ketones is 3. The van der Waals surface area contributed by atoms with Gasteiger partial charge in [-0.2, -0.15) is 0 Å². The van der Waals surface area contributed by atoms with Gasteiger partial charge in [-0.05, 0) is 13.0 Å². The third kappa shape index (κ3) is 4.35. The molecular weight excluding hydrogens is 533 g/mol. The number of carbonyl (C=O) groups is 3. The topological polar surface area (TPSA) is 206 Å². The van der Waals surface area contributed by atoms with Gasteiger partial charge in [-0.3, -0.25) is 19.1 Å². The zero-order valence-electron chi connectivity index (χ0n) is 21.6. The summed E-state index contributed by atoms with van der Waals surface area (Å²) in [5.41, 5.74) is 2.37. The van der Waals surface area contributed by atoms with Gasteiger partial charge in [0.15, 0.2) is 17.9 Å². The Bertz CT molecular complexity index is 1380. The molecule has 7 N–H and O–H groups in total. The van der Waals surface area contributed by atoms with Gasteiger partial charge in [0.25, 0.3) is 0 Å². The fourth-order valence-electron chi connectivity index (χ4n) is 5.75. The molecule has 216 valence electrons. The molecule has 1 saturated heterocycles. The zero-order valence-corrected chi connectivity index (χ0v) is 21.6. The van der Waals surface area contributed by atoms with Crippen molar-refractivity contribution in [3.63, 3.8) is 0 Å². The van der Waals surface area contributed by atoms with Gasteiger partial charge >= 0.3 is 0 Å². The smallest absolute Gasteiger partial charge is 0.202 e. The summed E-state index contributed by atoms with van der Waals surface area (Å²) in [7, 11) is 1.32. The van der Waals surface area contributed by atoms with Crippen molar-refractivity contribution in [3.8, 4) is 17.2 Å². The number of Topliss-reactive ketones (excluding diaryl/α,β-unsaturated/α-hetero) is 1. The molecule has 3 aliphatic rings. The summed E-state index contributed by atoms with van der Waals surface area (Å²) in [6.45, 7) is 0.560. The Kier molecular flexibility index (Phi) is 7.75. The summed E-state index contributed by atoms with van der Waals surface area (Å²) in [6.07, 6.45) is -5.12. The number of aliphatic hydroxyl groups is 3. The SMILES string of the molecule is COc1cccc2c1C(=O)c1c(O)c3c(c(O)c1C2=O)C[C@@](O)(C(=O)CO)C[C@@H]3O[C@H]1C[C@H](N)[C@H](O)[C@H](C)O1.F. The second kappa shape index (κ2) is 10.5. The molecule has 1 fully saturated rings. The Morgan fingerprint density at radius 1 is 1.15 bits per heavy atom. The summed E-state index contributed by atoms with van der Waals surface area (Å²) in [6, 6.07) is 3.64. The molecule has 0 amide bonds. The number of rotatable bonds is 5. The molecule has 0 aromatic heterocycles. The lowest BCUT2D eigenvalue weighted by Crippen LogP contribution is -2.53. The highest BCUT2D eigenvalue weighted by Gasteiger charge is 2.50. The Morgan fingerprint density at radius 3 is 2.45 bits per heavy atom. The lowest BCUT2D eigenvalue weighted by atomic mass is 9.72. The summed E-state index contributed by atoms with van der Waals surface area (Å²) < 4.78 is 17.0. The van der Waals surface area contributed by atoms with E-state index in [0.29, 0.717) is 0 Å². The Balaban J connectivity index is 0.00000370. The maximum Gasteiger partial charge on any atom is 0.202 e. The zero-order chi connectivity index (χ0) is 28.4. The first kappa shape index (κ1) is 29.5. The van der Waals surface area contributed by atoms with Crippen molar-refractivity contribution in [1.29, 1.82) is 0 Å². The number of phenolic OH excluding ortho intramolecular Hbond substituents is 2. The monoisotopic (exact) mass is 563 g/mol. The summed E-state index contributed by atoms with van der Waals surface area (Å²) in [5, 5.41) is 53.7. The minimum absolute atomic E-state index is 0. The van der Waals surface area contributed by atoms with Gasteiger partial charge in [-0.1, -0.05) is 12.1 Å². The van der Waals surface area contributed by atoms with Gasteiger partial charge in [-0.15, -0.1) is 0 Å². The normalized spacial score (nSPS) is 29.1. The van der Waals surface area contributed by atoms with Crippen molar-refractivity contribution in [2.24, 2.45) is 5.73 Å². The number of halogens is 1. The van der Waals surface area contributed by atoms with Crippen LogP contribution in [0.2, 0.25) is 0 Å². The number of aromatic hydroxyl groups is 2. The molecule has 0 unspecified atom stereocenters. The van der Waals surface area contributed by atoms with Gasteiger partial charge in [-0.25, -0.2) is 0 Å². The van der Waals surface area contributed by atoms with Crippen LogP contribution in [0.15, 0.2) is 18.2 Å². The quantitative estimate of drug-likeness (QED) is 0.230. The second-order valence-corrected chi connectivity index (χ2v) is 10.2. The van der Waals surface area contributed by atoms with Crippen LogP contribution in [0.1, 0.15) is 68.8 Å². The standard InChI is InChI=1S/C27H29NO11.FH/c1-10-22(31)13(28)6-17(38-10)39-15-8-27(36,16(30)9-29)7-12-19(15)26(35)21-20(24(12)33)23(32)11-4-3-5-14(37-2)18(11)25(21)34;/h3-5,10,13,15,17,22,29,31,33,35-36H,6-9,28H2,1-2H3;1H/t10-,13-,15-,17-,22+,27-;/m0./s1. The molecule has 40 heavy (non-hydrogen) atoms. The van der Waals surface area contributed by atoms with Crippen LogP contribution < -0.4 is 10.5 Å². The number of phenols is 2. The first-order valence-electron chi connectivity index (χ1n) is 12.4. The Labute approximate surface area is 227 Å². The van der Waals surface area contributed by atoms with E-state index >= 15 is 0 Å². The van der Waals surface area contributed by atoms with Gasteiger partial charge in [0, 0.05) is 42.0 Å². The second-order valence-electron chi connectivity index (χ2n) is 10.2. The minimum Gasteiger partial charge on any atom is -0.507 e. The third-order valence-electron chi connectivity index (χ3n) is 7.81. The molecule has 0 saturated carbocycles. The molecule has 0 bridgehead atoms. The number of nitrogens with two attached hydrogens (primary N) is 1. The van der Waals surface area contributed by atoms with Crippen LogP contribution in [0.25, 0.3) is 0 Å². The first-order valence-corrected chi connectivity index (χ1v) is 12.4. The van der Waals surface area contributed by atoms with Crippen LogP contribution in [-0.2, 0) is 20.7 Å². The average Bonchev–Trinajstić information content (AvgIpc) is 2.90. The van der Waals surface area contributed by atoms with Crippen LogP contribution >= 0.6 is 0 Å². The number of hydrogen-bond donors (Lipinski definition) is 6. The molecule has 2 aliphatic carbocycles. The number of benzene rings is 2. The largest absolute Gasteiger partial charge is 0.507 e. The van der Waals surface area contributed by atoms with Crippen molar-refractivity contribution in [1.82, 2.24) is 0 Å². The van der Waals surface area contributed by atoms with Crippen molar-refractivity contribution in [3.05, 3.63) is 51.6 Å². The molecule has 6 atom stereocenters. The molecule has 2 aromatic carbocycles. The predicted octanol–water partition coefficient (Wildman–Crippen LogP) is 0.154. The molecule has 2 aromatic rings. The highest BCUT2D eigenvalue weighted by Crippen LogP contribution is 2.52. The van der Waals surface area contributed by atoms with E-state index in [2.05, 4.69) is 0 Å². The van der Waals surface area contributed by atoms with Gasteiger partial charge < -0.3 is 45.5 Å². The lowest BCUT2D eigenvalue weighted by molar-refractivity contribution is -0.247. The van der Waals surface area contributed by atoms with E-state index < -0.39 is 95.7 Å². The van der Waals surface area contributed by atoms with E-state index in [1.54, 1.807) is 6.92 Å². The van der Waals surface area contributed by atoms with E-state index in [4.69, 9.17) is 19.9 Å². The minimum atomic E-state index is -2.24. The highest BCUT2D eigenvalue weighted by atomic mass is 19.0. The molecule has 13 heteroatoms. The number of methoxy groups -OCH3 is 1. The first-order chi connectivity index (χ1) is 18.4. The molecule has 12 nitrogen and oxygen atoms in total. The van der Waals surface area contributed by atoms with E-state index in [9.17, 15) is 39.9 Å². The van der Waals surface area contributed by atoms with Crippen LogP contribution in [-0.4, -0.2) is 86.7 Å². The van der Waals surface area contributed by atoms with Crippen molar-refractivity contribution in [2.75, 3.05) is 13.7 Å². The fourth-order valence-corrected chi connectivity index (χ4v) is 5.75. The van der Waals surface area contributed by atoms with E-state index in [1.807, 2.05) is 0 Å². The number of aliphatic hydroxyl groups excluding tert-OH is 2. The molecule has 1 aliphatic heterocycles. The number of ether oxygens (including phenoxy) is 3. The number of fused-ring (bicyclic) bond motifs is 3. The van der Waals surface area contributed by atoms with Crippen molar-refractivity contribution >= 4 is 17.3 Å². The van der Waals surface area contributed by atoms with E-state index in [1.165, 1.54) is 25.3 Å². The number of hydrogen-bond acceptors (Lipinski definition) is 12. The maximum absolute atomic E-state index is 13.6. The summed E-state index contributed by atoms with van der Waals surface area (Å²) in [4.78, 5) is 39.7. The summed E-state index contributed by atoms with van der Waals surface area (Å²) in [5.74, 6) is -3.77. The van der Waals surface area contributed by atoms with E-state index in [-0.39, 0.29) is 39.1 Å². The van der Waals surface area contributed by atoms with Crippen molar-refractivity contribution in [2.45, 2.75) is 62.4 Å². The van der Waals surface area contributed by atoms with Crippen LogP contribution in [0.5, 0.6) is 17.2 Å². The fraction of sp³-hybridized carbons (Fsp3) is 0.444. The molecule has 5 rings (SSSR count). The lowest BCUT2D eigenvalue weighted by Gasteiger charge is -2.42. The predicted molar refractivity (Wildman–Crippen MR) is 134 cm³/mol. The van der Waals surface area contributed by atoms with Gasteiger partial charge in [0.05, 0.1) is 42.1 Å². The van der Waals surface area contributed by atoms with Gasteiger partial charge in [0.2, 0.25) is 5.78 Å². The highest BCUT2D eigenvalue weighted by molar-refractivity contribution is 6.31. The Hall–Kier alpha value is -3.46. The van der Waals surface area contributed by atoms with Crippen LogP contribution in [0.4, 0.5) is 4.70 Å². The molecular formula is C27H30FNO11. The Morgan fingerprint density at radius 2 is 1.82 bits per heavy atom. The molecule has 0 radical (unpaired) electrons. The maximum atomic E-state index is 13.6. The number of carbonyl (C=O) groups excluding carboxylic acids is 3. The van der Waals surface area contributed by atoms with Crippen LogP contribution in [0.3, 0.4) is 0 Å². The van der Waals surface area contributed by atoms with E-state index in [0.717, 1.165) is 0 Å². The van der Waals surface area contributed by atoms with Gasteiger partial charge in [0.1, 0.15) is 29.5 Å².